The molecule has 0 aliphatic heterocycles. The summed E-state index contributed by atoms with van der Waals surface area (Å²) in [5.41, 5.74) is 1.27. The smallest absolute Gasteiger partial charge is 0.488 e. The monoisotopic (exact) mass is 280 g/mol. The van der Waals surface area contributed by atoms with Crippen LogP contribution in [0.3, 0.4) is 0 Å². The molecule has 0 spiro atoms. The average Bonchev–Trinajstić information content (AvgIpc) is 2.81. The van der Waals surface area contributed by atoms with Gasteiger partial charge in [-0.15, -0.1) is 5.10 Å². The minimum Gasteiger partial charge on any atom is -0.496 e. The lowest BCUT2D eigenvalue weighted by Crippen LogP contribution is -2.30. The van der Waals surface area contributed by atoms with Crippen molar-refractivity contribution >= 4 is 24.3 Å². The zero-order chi connectivity index (χ0) is 13.8. The predicted molar refractivity (Wildman–Crippen MR) is 71.2 cm³/mol. The van der Waals surface area contributed by atoms with Crippen LogP contribution in [0, 0.1) is 0 Å². The number of ether oxygens (including phenoxy) is 1. The molecule has 2 rings (SSSR count). The summed E-state index contributed by atoms with van der Waals surface area (Å²) in [5.74, 6) is 1.25. The first-order valence-electron chi connectivity index (χ1n) is 5.50. The van der Waals surface area contributed by atoms with Gasteiger partial charge in [-0.1, -0.05) is 23.9 Å². The number of benzene rings is 1. The Morgan fingerprint density at radius 2 is 2.21 bits per heavy atom. The van der Waals surface area contributed by atoms with Crippen molar-refractivity contribution in [1.29, 1.82) is 0 Å². The second-order valence-corrected chi connectivity index (χ2v) is 4.76. The highest BCUT2D eigenvalue weighted by Crippen LogP contribution is 2.25. The van der Waals surface area contributed by atoms with Gasteiger partial charge in [-0.25, -0.2) is 4.68 Å². The average molecular weight is 280 g/mol. The fraction of sp³-hybridized carbons (Fsp3) is 0.300. The van der Waals surface area contributed by atoms with Crippen LogP contribution in [0.4, 0.5) is 0 Å². The number of rotatable bonds is 5. The Morgan fingerprint density at radius 3 is 2.79 bits per heavy atom. The molecule has 0 aliphatic carbocycles. The summed E-state index contributed by atoms with van der Waals surface area (Å²) in [6.45, 7) is 0. The molecule has 7 nitrogen and oxygen atoms in total. The van der Waals surface area contributed by atoms with Gasteiger partial charge >= 0.3 is 7.12 Å². The van der Waals surface area contributed by atoms with Gasteiger partial charge in [0.25, 0.3) is 0 Å². The Labute approximate surface area is 114 Å². The first-order chi connectivity index (χ1) is 9.11. The summed E-state index contributed by atoms with van der Waals surface area (Å²) < 4.78 is 6.82. The van der Waals surface area contributed by atoms with Crippen LogP contribution in [0.25, 0.3) is 0 Å². The molecule has 0 radical (unpaired) electrons. The summed E-state index contributed by atoms with van der Waals surface area (Å²) in [6.07, 6.45) is 0. The van der Waals surface area contributed by atoms with Crippen molar-refractivity contribution in [3.05, 3.63) is 23.8 Å². The number of aromatic nitrogens is 4. The maximum atomic E-state index is 9.18. The normalized spacial score (nSPS) is 10.5. The molecule has 0 saturated carbocycles. The van der Waals surface area contributed by atoms with Crippen molar-refractivity contribution < 1.29 is 14.8 Å². The number of methoxy groups -OCH3 is 1. The third-order valence-corrected chi connectivity index (χ3v) is 3.60. The van der Waals surface area contributed by atoms with Crippen LogP contribution in [0.1, 0.15) is 5.56 Å². The molecule has 0 unspecified atom stereocenters. The molecule has 19 heavy (non-hydrogen) atoms. The molecule has 0 aliphatic rings. The second kappa shape index (κ2) is 6.05. The molecule has 0 amide bonds. The summed E-state index contributed by atoms with van der Waals surface area (Å²) in [6, 6.07) is 5.02. The van der Waals surface area contributed by atoms with Crippen molar-refractivity contribution in [2.24, 2.45) is 7.05 Å². The Kier molecular flexibility index (Phi) is 4.41. The number of hydrogen-bond acceptors (Lipinski definition) is 7. The van der Waals surface area contributed by atoms with Gasteiger partial charge in [-0.05, 0) is 22.0 Å². The molecule has 1 heterocycles. The zero-order valence-corrected chi connectivity index (χ0v) is 11.3. The van der Waals surface area contributed by atoms with Gasteiger partial charge < -0.3 is 14.8 Å². The molecule has 0 atom stereocenters. The Morgan fingerprint density at radius 1 is 1.42 bits per heavy atom. The first-order valence-corrected chi connectivity index (χ1v) is 6.48. The van der Waals surface area contributed by atoms with Gasteiger partial charge in [0.2, 0.25) is 5.16 Å². The summed E-state index contributed by atoms with van der Waals surface area (Å²) in [5, 5.41) is 30.2. The van der Waals surface area contributed by atoms with Crippen LogP contribution in [0.2, 0.25) is 0 Å². The summed E-state index contributed by atoms with van der Waals surface area (Å²) in [4.78, 5) is 0. The van der Waals surface area contributed by atoms with E-state index in [1.807, 2.05) is 0 Å². The van der Waals surface area contributed by atoms with Crippen LogP contribution >= 0.6 is 11.8 Å². The Bertz CT molecular complexity index is 563. The van der Waals surface area contributed by atoms with E-state index >= 15 is 0 Å². The van der Waals surface area contributed by atoms with Crippen LogP contribution in [-0.2, 0) is 12.8 Å². The van der Waals surface area contributed by atoms with Gasteiger partial charge in [0.1, 0.15) is 5.75 Å². The number of hydrogen-bond donors (Lipinski definition) is 2. The molecule has 2 aromatic rings. The number of tetrazole rings is 1. The maximum absolute atomic E-state index is 9.18. The number of thioether (sulfide) groups is 1. The zero-order valence-electron chi connectivity index (χ0n) is 10.5. The van der Waals surface area contributed by atoms with Gasteiger partial charge in [-0.2, -0.15) is 0 Å². The van der Waals surface area contributed by atoms with Gasteiger partial charge in [-0.3, -0.25) is 0 Å². The fourth-order valence-corrected chi connectivity index (χ4v) is 2.39. The van der Waals surface area contributed by atoms with E-state index in [-0.39, 0.29) is 0 Å². The largest absolute Gasteiger partial charge is 0.496 e. The van der Waals surface area contributed by atoms with E-state index in [4.69, 9.17) is 4.74 Å². The van der Waals surface area contributed by atoms with Gasteiger partial charge in [0.05, 0.1) is 7.11 Å². The molecule has 1 aromatic heterocycles. The van der Waals surface area contributed by atoms with Crippen LogP contribution in [0.5, 0.6) is 5.75 Å². The van der Waals surface area contributed by atoms with E-state index in [2.05, 4.69) is 15.5 Å². The van der Waals surface area contributed by atoms with Crippen molar-refractivity contribution in [2.45, 2.75) is 10.9 Å². The first kappa shape index (κ1) is 13.8. The quantitative estimate of drug-likeness (QED) is 0.546. The van der Waals surface area contributed by atoms with E-state index in [0.29, 0.717) is 22.1 Å². The molecule has 0 bridgehead atoms. The fourth-order valence-electron chi connectivity index (χ4n) is 1.56. The van der Waals surface area contributed by atoms with Crippen molar-refractivity contribution in [3.8, 4) is 5.75 Å². The third kappa shape index (κ3) is 3.25. The second-order valence-electron chi connectivity index (χ2n) is 3.82. The van der Waals surface area contributed by atoms with Gasteiger partial charge in [0.15, 0.2) is 0 Å². The Balaban J connectivity index is 2.18. The molecular weight excluding hydrogens is 267 g/mol. The highest BCUT2D eigenvalue weighted by Gasteiger charge is 2.14. The minimum atomic E-state index is -1.49. The van der Waals surface area contributed by atoms with E-state index in [1.54, 1.807) is 37.0 Å². The van der Waals surface area contributed by atoms with Crippen LogP contribution < -0.4 is 10.2 Å². The maximum Gasteiger partial charge on any atom is 0.488 e. The standard InChI is InChI=1S/C10H13BN4O3S/c1-15-10(12-13-14-15)19-6-7-5-8(11(16)17)3-4-9(7)18-2/h3-5,16-17H,6H2,1-2H3. The minimum absolute atomic E-state index is 0.424. The summed E-state index contributed by atoms with van der Waals surface area (Å²) in [7, 11) is 1.83. The molecule has 9 heteroatoms. The lowest BCUT2D eigenvalue weighted by atomic mass is 9.79. The summed E-state index contributed by atoms with van der Waals surface area (Å²) >= 11 is 1.44. The van der Waals surface area contributed by atoms with Crippen molar-refractivity contribution in [1.82, 2.24) is 20.2 Å². The molecule has 0 fully saturated rings. The Hall–Kier alpha value is -1.58. The molecule has 1 aromatic carbocycles. The van der Waals surface area contributed by atoms with Crippen molar-refractivity contribution in [3.63, 3.8) is 0 Å². The lowest BCUT2D eigenvalue weighted by molar-refractivity contribution is 0.410. The third-order valence-electron chi connectivity index (χ3n) is 2.54. The van der Waals surface area contributed by atoms with E-state index in [0.717, 1.165) is 5.56 Å². The molecular formula is C10H13BN4O3S. The van der Waals surface area contributed by atoms with E-state index in [1.165, 1.54) is 11.8 Å². The highest BCUT2D eigenvalue weighted by atomic mass is 32.2. The van der Waals surface area contributed by atoms with E-state index in [9.17, 15) is 10.0 Å². The topological polar surface area (TPSA) is 93.3 Å². The molecule has 0 saturated heterocycles. The highest BCUT2D eigenvalue weighted by molar-refractivity contribution is 7.98. The van der Waals surface area contributed by atoms with Crippen LogP contribution in [0.15, 0.2) is 23.4 Å². The molecule has 100 valence electrons. The van der Waals surface area contributed by atoms with Gasteiger partial charge in [0, 0.05) is 18.4 Å². The SMILES string of the molecule is COc1ccc(B(O)O)cc1CSc1nnnn1C. The lowest BCUT2D eigenvalue weighted by Gasteiger charge is -2.10. The number of nitrogens with zero attached hydrogens (tertiary/aromatic N) is 4. The van der Waals surface area contributed by atoms with E-state index < -0.39 is 7.12 Å². The predicted octanol–water partition coefficient (Wildman–Crippen LogP) is -0.809. The van der Waals surface area contributed by atoms with Crippen molar-refractivity contribution in [2.75, 3.05) is 7.11 Å². The number of aryl methyl sites for hydroxylation is 1. The molecule has 2 N–H and O–H groups in total. The van der Waals surface area contributed by atoms with Crippen LogP contribution in [-0.4, -0.2) is 44.5 Å².